The molecular formula is C14H18NO6P. The third-order valence-electron chi connectivity index (χ3n) is 3.33. The van der Waals surface area contributed by atoms with Crippen LogP contribution in [0.5, 0.6) is 0 Å². The largest absolute Gasteiger partial charge is 0.376 e. The first-order chi connectivity index (χ1) is 10.3. The molecule has 1 aliphatic heterocycles. The second-order valence-corrected chi connectivity index (χ2v) is 6.84. The summed E-state index contributed by atoms with van der Waals surface area (Å²) in [4.78, 5) is 25.2. The summed E-state index contributed by atoms with van der Waals surface area (Å²) in [5.74, 6) is -1.61. The Bertz CT molecular complexity index is 650. The van der Waals surface area contributed by atoms with Crippen LogP contribution in [0.15, 0.2) is 24.3 Å². The lowest BCUT2D eigenvalue weighted by atomic mass is 10.1. The van der Waals surface area contributed by atoms with Crippen LogP contribution in [0.3, 0.4) is 0 Å². The first-order valence-electron chi connectivity index (χ1n) is 6.89. The van der Waals surface area contributed by atoms with E-state index in [2.05, 4.69) is 0 Å². The second-order valence-electron chi connectivity index (χ2n) is 4.68. The highest BCUT2D eigenvalue weighted by Gasteiger charge is 2.64. The molecular weight excluding hydrogens is 309 g/mol. The van der Waals surface area contributed by atoms with Crippen molar-refractivity contribution >= 4 is 25.1 Å². The van der Waals surface area contributed by atoms with Gasteiger partial charge in [0.25, 0.3) is 11.2 Å². The molecule has 2 rings (SSSR count). The molecule has 8 heteroatoms. The Morgan fingerprint density at radius 1 is 1.27 bits per heavy atom. The fourth-order valence-corrected chi connectivity index (χ4v) is 4.43. The number of hydrogen-bond acceptors (Lipinski definition) is 6. The quantitative estimate of drug-likeness (QED) is 0.831. The SMILES string of the molecule is CCOP(=O)(OCC)C1(O)C(=O)N(C(C)=O)c2ccccc21. The number of rotatable bonds is 5. The molecule has 120 valence electrons. The number of fused-ring (bicyclic) bond motifs is 1. The maximum Gasteiger partial charge on any atom is 0.376 e. The zero-order chi connectivity index (χ0) is 16.5. The summed E-state index contributed by atoms with van der Waals surface area (Å²) < 4.78 is 23.3. The van der Waals surface area contributed by atoms with E-state index in [1.165, 1.54) is 19.1 Å². The molecule has 0 bridgehead atoms. The first kappa shape index (κ1) is 16.8. The summed E-state index contributed by atoms with van der Waals surface area (Å²) in [5, 5.41) is 8.43. The summed E-state index contributed by atoms with van der Waals surface area (Å²) in [6.07, 6.45) is 0. The van der Waals surface area contributed by atoms with Gasteiger partial charge in [-0.2, -0.15) is 0 Å². The molecule has 0 spiro atoms. The zero-order valence-corrected chi connectivity index (χ0v) is 13.5. The van der Waals surface area contributed by atoms with Gasteiger partial charge in [-0.25, -0.2) is 4.90 Å². The normalized spacial score (nSPS) is 21.1. The lowest BCUT2D eigenvalue weighted by Gasteiger charge is -2.29. The van der Waals surface area contributed by atoms with Crippen LogP contribution in [-0.2, 0) is 28.5 Å². The van der Waals surface area contributed by atoms with E-state index >= 15 is 0 Å². The lowest BCUT2D eigenvalue weighted by Crippen LogP contribution is -2.43. The van der Waals surface area contributed by atoms with Gasteiger partial charge in [0.05, 0.1) is 18.9 Å². The Kier molecular flexibility index (Phi) is 4.54. The molecule has 1 aromatic carbocycles. The molecule has 0 aliphatic carbocycles. The molecule has 1 heterocycles. The Labute approximate surface area is 128 Å². The van der Waals surface area contributed by atoms with Crippen LogP contribution in [0.2, 0.25) is 0 Å². The van der Waals surface area contributed by atoms with Gasteiger partial charge in [0.2, 0.25) is 5.91 Å². The fraction of sp³-hybridized carbons (Fsp3) is 0.429. The van der Waals surface area contributed by atoms with Crippen LogP contribution < -0.4 is 4.90 Å². The van der Waals surface area contributed by atoms with Crippen molar-refractivity contribution in [3.8, 4) is 0 Å². The van der Waals surface area contributed by atoms with Crippen LogP contribution in [0.4, 0.5) is 5.69 Å². The predicted octanol–water partition coefficient (Wildman–Crippen LogP) is 1.99. The van der Waals surface area contributed by atoms with Crippen LogP contribution in [0.1, 0.15) is 26.3 Å². The highest BCUT2D eigenvalue weighted by Crippen LogP contribution is 2.67. The highest BCUT2D eigenvalue weighted by atomic mass is 31.2. The third-order valence-corrected chi connectivity index (χ3v) is 5.75. The van der Waals surface area contributed by atoms with Gasteiger partial charge >= 0.3 is 7.60 Å². The number of nitrogens with zero attached hydrogens (tertiary/aromatic N) is 1. The van der Waals surface area contributed by atoms with Crippen molar-refractivity contribution in [2.24, 2.45) is 0 Å². The van der Waals surface area contributed by atoms with E-state index in [0.717, 1.165) is 4.90 Å². The van der Waals surface area contributed by atoms with Gasteiger partial charge in [0.15, 0.2) is 0 Å². The van der Waals surface area contributed by atoms with Crippen LogP contribution in [0, 0.1) is 0 Å². The molecule has 1 aliphatic rings. The summed E-state index contributed by atoms with van der Waals surface area (Å²) in [7, 11) is -4.23. The number of amides is 2. The number of benzene rings is 1. The van der Waals surface area contributed by atoms with Crippen LogP contribution >= 0.6 is 7.60 Å². The van der Waals surface area contributed by atoms with Crippen molar-refractivity contribution in [1.29, 1.82) is 0 Å². The molecule has 0 radical (unpaired) electrons. The van der Waals surface area contributed by atoms with Crippen LogP contribution in [-0.4, -0.2) is 30.1 Å². The minimum atomic E-state index is -4.23. The van der Waals surface area contributed by atoms with Crippen LogP contribution in [0.25, 0.3) is 0 Å². The second kappa shape index (κ2) is 5.93. The molecule has 7 nitrogen and oxygen atoms in total. The number of para-hydroxylation sites is 1. The monoisotopic (exact) mass is 327 g/mol. The maximum absolute atomic E-state index is 13.0. The van der Waals surface area contributed by atoms with Gasteiger partial charge in [-0.1, -0.05) is 18.2 Å². The Hall–Kier alpha value is -1.53. The molecule has 0 fully saturated rings. The molecule has 0 saturated heterocycles. The molecule has 1 atom stereocenters. The molecule has 1 aromatic rings. The van der Waals surface area contributed by atoms with E-state index in [-0.39, 0.29) is 24.5 Å². The van der Waals surface area contributed by atoms with Gasteiger partial charge in [-0.3, -0.25) is 14.2 Å². The van der Waals surface area contributed by atoms with Crippen molar-refractivity contribution in [1.82, 2.24) is 0 Å². The minimum Gasteiger partial charge on any atom is -0.366 e. The summed E-state index contributed by atoms with van der Waals surface area (Å²) in [5.41, 5.74) is 0.225. The highest BCUT2D eigenvalue weighted by molar-refractivity contribution is 7.56. The summed E-state index contributed by atoms with van der Waals surface area (Å²) in [6.45, 7) is 4.29. The van der Waals surface area contributed by atoms with Crippen molar-refractivity contribution in [3.05, 3.63) is 29.8 Å². The van der Waals surface area contributed by atoms with Crippen molar-refractivity contribution in [2.45, 2.75) is 26.1 Å². The van der Waals surface area contributed by atoms with Gasteiger partial charge in [0, 0.05) is 12.5 Å². The maximum atomic E-state index is 13.0. The number of carbonyl (C=O) groups excluding carboxylic acids is 2. The molecule has 1 N–H and O–H groups in total. The smallest absolute Gasteiger partial charge is 0.366 e. The topological polar surface area (TPSA) is 93.1 Å². The van der Waals surface area contributed by atoms with Gasteiger partial charge in [0.1, 0.15) is 0 Å². The fourth-order valence-electron chi connectivity index (χ4n) is 2.49. The van der Waals surface area contributed by atoms with Gasteiger partial charge in [-0.15, -0.1) is 0 Å². The number of aliphatic hydroxyl groups is 1. The van der Waals surface area contributed by atoms with E-state index in [0.29, 0.717) is 0 Å². The Balaban J connectivity index is 2.70. The first-order valence-corrected chi connectivity index (χ1v) is 8.44. The van der Waals surface area contributed by atoms with Crippen molar-refractivity contribution < 1.29 is 28.3 Å². The van der Waals surface area contributed by atoms with Gasteiger partial charge in [-0.05, 0) is 19.9 Å². The van der Waals surface area contributed by atoms with E-state index < -0.39 is 24.8 Å². The van der Waals surface area contributed by atoms with E-state index in [1.807, 2.05) is 0 Å². The molecule has 2 amide bonds. The predicted molar refractivity (Wildman–Crippen MR) is 79.4 cm³/mol. The minimum absolute atomic E-state index is 0.0187. The molecule has 0 aromatic heterocycles. The molecule has 22 heavy (non-hydrogen) atoms. The molecule has 1 unspecified atom stereocenters. The summed E-state index contributed by atoms with van der Waals surface area (Å²) in [6, 6.07) is 6.11. The molecule has 0 saturated carbocycles. The number of carbonyl (C=O) groups is 2. The van der Waals surface area contributed by atoms with E-state index in [9.17, 15) is 19.3 Å². The average molecular weight is 327 g/mol. The summed E-state index contributed by atoms with van der Waals surface area (Å²) >= 11 is 0. The Morgan fingerprint density at radius 3 is 2.32 bits per heavy atom. The zero-order valence-electron chi connectivity index (χ0n) is 12.6. The van der Waals surface area contributed by atoms with Crippen molar-refractivity contribution in [3.63, 3.8) is 0 Å². The average Bonchev–Trinajstić information content (AvgIpc) is 2.70. The third kappa shape index (κ3) is 2.21. The number of anilines is 1. The van der Waals surface area contributed by atoms with E-state index in [1.54, 1.807) is 26.0 Å². The Morgan fingerprint density at radius 2 is 1.82 bits per heavy atom. The number of imide groups is 1. The lowest BCUT2D eigenvalue weighted by molar-refractivity contribution is -0.133. The standard InChI is InChI=1S/C14H18NO6P/c1-4-20-22(19,21-5-2)14(18)11-8-6-7-9-12(11)15(10(3)16)13(14)17/h6-9,18H,4-5H2,1-3H3. The van der Waals surface area contributed by atoms with E-state index in [4.69, 9.17) is 9.05 Å². The van der Waals surface area contributed by atoms with Gasteiger partial charge < -0.3 is 14.2 Å². The van der Waals surface area contributed by atoms with Crippen molar-refractivity contribution in [2.75, 3.05) is 18.1 Å². The number of hydrogen-bond donors (Lipinski definition) is 1.